The Labute approximate surface area is 170 Å². The van der Waals surface area contributed by atoms with E-state index in [1.807, 2.05) is 37.3 Å². The molecule has 0 aliphatic rings. The minimum Gasteiger partial charge on any atom is -0.494 e. The summed E-state index contributed by atoms with van der Waals surface area (Å²) in [7, 11) is 0. The topological polar surface area (TPSA) is 102 Å². The van der Waals surface area contributed by atoms with E-state index < -0.39 is 5.91 Å². The van der Waals surface area contributed by atoms with E-state index in [0.29, 0.717) is 24.9 Å². The lowest BCUT2D eigenvalue weighted by Crippen LogP contribution is -2.38. The number of primary amides is 1. The first-order chi connectivity index (χ1) is 12.2. The highest BCUT2D eigenvalue weighted by Gasteiger charge is 2.06. The number of nitrogens with two attached hydrogens (primary N) is 1. The number of amides is 1. The summed E-state index contributed by atoms with van der Waals surface area (Å²) in [5.74, 6) is 1.68. The number of rotatable bonds is 9. The molecule has 0 bridgehead atoms. The van der Waals surface area contributed by atoms with Crippen LogP contribution in [0.3, 0.4) is 0 Å². The van der Waals surface area contributed by atoms with Crippen LogP contribution in [0.2, 0.25) is 0 Å². The van der Waals surface area contributed by atoms with Gasteiger partial charge in [-0.3, -0.25) is 4.79 Å². The highest BCUT2D eigenvalue weighted by Crippen LogP contribution is 2.09. The summed E-state index contributed by atoms with van der Waals surface area (Å²) in [6, 6.07) is 13.0. The van der Waals surface area contributed by atoms with Crippen molar-refractivity contribution < 1.29 is 13.9 Å². The summed E-state index contributed by atoms with van der Waals surface area (Å²) in [6.07, 6.45) is 0.839. The molecule has 0 spiro atoms. The molecule has 0 atom stereocenters. The van der Waals surface area contributed by atoms with Crippen LogP contribution in [0.15, 0.2) is 51.9 Å². The van der Waals surface area contributed by atoms with Crippen molar-refractivity contribution >= 4 is 35.8 Å². The van der Waals surface area contributed by atoms with Crippen LogP contribution in [0, 0.1) is 0 Å². The van der Waals surface area contributed by atoms with Gasteiger partial charge in [-0.1, -0.05) is 18.2 Å². The van der Waals surface area contributed by atoms with Crippen LogP contribution >= 0.6 is 24.0 Å². The molecular weight excluding hydrogens is 447 g/mol. The quantitative estimate of drug-likeness (QED) is 0.225. The summed E-state index contributed by atoms with van der Waals surface area (Å²) in [5.41, 5.74) is 5.16. The number of para-hydroxylation sites is 1. The second kappa shape index (κ2) is 12.2. The highest BCUT2D eigenvalue weighted by molar-refractivity contribution is 14.0. The molecule has 2 rings (SSSR count). The first kappa shape index (κ1) is 21.8. The van der Waals surface area contributed by atoms with Crippen molar-refractivity contribution in [2.24, 2.45) is 10.7 Å². The molecule has 0 saturated carbocycles. The van der Waals surface area contributed by atoms with Crippen molar-refractivity contribution in [3.8, 4) is 5.75 Å². The zero-order valence-corrected chi connectivity index (χ0v) is 17.1. The zero-order valence-electron chi connectivity index (χ0n) is 14.7. The van der Waals surface area contributed by atoms with E-state index in [4.69, 9.17) is 14.9 Å². The third kappa shape index (κ3) is 7.77. The average Bonchev–Trinajstić information content (AvgIpc) is 3.09. The number of carbonyl (C=O) groups is 1. The molecule has 8 heteroatoms. The van der Waals surface area contributed by atoms with Gasteiger partial charge in [-0.15, -0.1) is 24.0 Å². The summed E-state index contributed by atoms with van der Waals surface area (Å²) < 4.78 is 11.0. The van der Waals surface area contributed by atoms with E-state index >= 15 is 0 Å². The first-order valence-corrected chi connectivity index (χ1v) is 8.27. The Balaban J connectivity index is 0.00000338. The van der Waals surface area contributed by atoms with Crippen molar-refractivity contribution in [2.45, 2.75) is 19.9 Å². The molecule has 0 fully saturated rings. The van der Waals surface area contributed by atoms with Crippen molar-refractivity contribution in [1.29, 1.82) is 0 Å². The molecule has 0 unspecified atom stereocenters. The Kier molecular flexibility index (Phi) is 10.2. The predicted octanol–water partition coefficient (Wildman–Crippen LogP) is 2.52. The molecular formula is C18H25IN4O3. The highest BCUT2D eigenvalue weighted by atomic mass is 127. The standard InChI is InChI=1S/C18H24N4O3.HI/c1-2-20-18(22-13-15-9-10-16(25-15)17(19)23)21-11-6-12-24-14-7-4-3-5-8-14;/h3-5,7-10H,2,6,11-13H2,1H3,(H2,19,23)(H2,20,21,22);1H. The third-order valence-corrected chi connectivity index (χ3v) is 3.27. The van der Waals surface area contributed by atoms with Gasteiger partial charge in [0.1, 0.15) is 18.1 Å². The van der Waals surface area contributed by atoms with Crippen LogP contribution in [0.1, 0.15) is 29.7 Å². The van der Waals surface area contributed by atoms with Gasteiger partial charge in [0, 0.05) is 13.1 Å². The third-order valence-electron chi connectivity index (χ3n) is 3.27. The lowest BCUT2D eigenvalue weighted by molar-refractivity contribution is 0.0972. The van der Waals surface area contributed by atoms with Crippen LogP contribution in [0.5, 0.6) is 5.75 Å². The molecule has 0 aliphatic heterocycles. The Hall–Kier alpha value is -2.23. The Morgan fingerprint density at radius 2 is 1.96 bits per heavy atom. The van der Waals surface area contributed by atoms with Gasteiger partial charge >= 0.3 is 0 Å². The Bertz CT molecular complexity index is 689. The first-order valence-electron chi connectivity index (χ1n) is 8.27. The number of hydrogen-bond donors (Lipinski definition) is 3. The van der Waals surface area contributed by atoms with Gasteiger partial charge in [0.15, 0.2) is 11.7 Å². The average molecular weight is 472 g/mol. The number of furan rings is 1. The van der Waals surface area contributed by atoms with Gasteiger partial charge in [0.05, 0.1) is 6.61 Å². The van der Waals surface area contributed by atoms with E-state index in [1.54, 1.807) is 12.1 Å². The molecule has 7 nitrogen and oxygen atoms in total. The monoisotopic (exact) mass is 472 g/mol. The van der Waals surface area contributed by atoms with Crippen molar-refractivity contribution in [1.82, 2.24) is 10.6 Å². The summed E-state index contributed by atoms with van der Waals surface area (Å²) in [5, 5.41) is 6.39. The molecule has 0 radical (unpaired) electrons. The van der Waals surface area contributed by atoms with E-state index in [0.717, 1.165) is 25.3 Å². The Morgan fingerprint density at radius 3 is 2.62 bits per heavy atom. The van der Waals surface area contributed by atoms with Gasteiger partial charge in [0.2, 0.25) is 0 Å². The van der Waals surface area contributed by atoms with Gasteiger partial charge in [-0.2, -0.15) is 0 Å². The normalized spacial score (nSPS) is 10.7. The van der Waals surface area contributed by atoms with Crippen molar-refractivity contribution in [2.75, 3.05) is 19.7 Å². The number of aliphatic imine (C=N–C) groups is 1. The molecule has 1 amide bonds. The lowest BCUT2D eigenvalue weighted by atomic mass is 10.3. The SMILES string of the molecule is CCNC(=NCc1ccc(C(N)=O)o1)NCCCOc1ccccc1.I. The van der Waals surface area contributed by atoms with Crippen molar-refractivity contribution in [3.63, 3.8) is 0 Å². The van der Waals surface area contributed by atoms with Crippen LogP contribution in [-0.4, -0.2) is 31.6 Å². The van der Waals surface area contributed by atoms with Crippen LogP contribution in [0.4, 0.5) is 0 Å². The fraction of sp³-hybridized carbons (Fsp3) is 0.333. The largest absolute Gasteiger partial charge is 0.494 e. The van der Waals surface area contributed by atoms with Crippen LogP contribution in [-0.2, 0) is 6.54 Å². The fourth-order valence-electron chi connectivity index (χ4n) is 2.08. The number of guanidine groups is 1. The fourth-order valence-corrected chi connectivity index (χ4v) is 2.08. The molecule has 4 N–H and O–H groups in total. The second-order valence-corrected chi connectivity index (χ2v) is 5.27. The van der Waals surface area contributed by atoms with Crippen molar-refractivity contribution in [3.05, 3.63) is 54.0 Å². The van der Waals surface area contributed by atoms with Gasteiger partial charge in [-0.05, 0) is 37.6 Å². The second-order valence-electron chi connectivity index (χ2n) is 5.27. The maximum atomic E-state index is 11.0. The lowest BCUT2D eigenvalue weighted by Gasteiger charge is -2.11. The number of nitrogens with one attached hydrogen (secondary N) is 2. The number of halogens is 1. The van der Waals surface area contributed by atoms with E-state index in [2.05, 4.69) is 15.6 Å². The molecule has 0 saturated heterocycles. The number of ether oxygens (including phenoxy) is 1. The predicted molar refractivity (Wildman–Crippen MR) is 112 cm³/mol. The smallest absolute Gasteiger partial charge is 0.284 e. The number of hydrogen-bond acceptors (Lipinski definition) is 4. The maximum Gasteiger partial charge on any atom is 0.284 e. The van der Waals surface area contributed by atoms with E-state index in [-0.39, 0.29) is 29.7 Å². The number of benzene rings is 1. The minimum atomic E-state index is -0.585. The molecule has 1 aromatic carbocycles. The zero-order chi connectivity index (χ0) is 17.9. The number of nitrogens with zero attached hydrogens (tertiary/aromatic N) is 1. The number of carbonyl (C=O) groups excluding carboxylic acids is 1. The van der Waals surface area contributed by atoms with Crippen LogP contribution in [0.25, 0.3) is 0 Å². The molecule has 1 aromatic heterocycles. The van der Waals surface area contributed by atoms with E-state index in [9.17, 15) is 4.79 Å². The van der Waals surface area contributed by atoms with Crippen LogP contribution < -0.4 is 21.1 Å². The van der Waals surface area contributed by atoms with Gasteiger partial charge in [0.25, 0.3) is 5.91 Å². The molecule has 26 heavy (non-hydrogen) atoms. The maximum absolute atomic E-state index is 11.0. The van der Waals surface area contributed by atoms with E-state index in [1.165, 1.54) is 0 Å². The minimum absolute atomic E-state index is 0. The van der Waals surface area contributed by atoms with Gasteiger partial charge < -0.3 is 25.5 Å². The molecule has 142 valence electrons. The van der Waals surface area contributed by atoms with Gasteiger partial charge in [-0.25, -0.2) is 4.99 Å². The summed E-state index contributed by atoms with van der Waals surface area (Å²) in [6.45, 7) is 4.41. The summed E-state index contributed by atoms with van der Waals surface area (Å²) >= 11 is 0. The summed E-state index contributed by atoms with van der Waals surface area (Å²) in [4.78, 5) is 15.4. The Morgan fingerprint density at radius 1 is 1.19 bits per heavy atom. The molecule has 0 aliphatic carbocycles. The molecule has 2 aromatic rings. The molecule has 1 heterocycles.